The number of nitrogens with zero attached hydrogens (tertiary/aromatic N) is 1. The number of esters is 1. The lowest BCUT2D eigenvalue weighted by atomic mass is 10.1. The topological polar surface area (TPSA) is 51.2 Å². The van der Waals surface area contributed by atoms with E-state index >= 15 is 0 Å². The molecular formula is C13H18N2O2. The second kappa shape index (κ2) is 6.81. The van der Waals surface area contributed by atoms with Gasteiger partial charge in [0.05, 0.1) is 6.61 Å². The summed E-state index contributed by atoms with van der Waals surface area (Å²) in [6, 6.07) is 3.99. The summed E-state index contributed by atoms with van der Waals surface area (Å²) in [5, 5.41) is 3.20. The van der Waals surface area contributed by atoms with Crippen molar-refractivity contribution < 1.29 is 9.53 Å². The van der Waals surface area contributed by atoms with E-state index in [1.165, 1.54) is 0 Å². The van der Waals surface area contributed by atoms with Gasteiger partial charge in [0.2, 0.25) is 0 Å². The average molecular weight is 234 g/mol. The Bertz CT molecular complexity index is 376. The highest BCUT2D eigenvalue weighted by Gasteiger charge is 2.10. The van der Waals surface area contributed by atoms with Crippen LogP contribution in [-0.2, 0) is 9.53 Å². The van der Waals surface area contributed by atoms with Crippen molar-refractivity contribution in [3.63, 3.8) is 0 Å². The minimum absolute atomic E-state index is 0.120. The molecule has 0 saturated heterocycles. The molecule has 0 fully saturated rings. The minimum atomic E-state index is -0.349. The van der Waals surface area contributed by atoms with Gasteiger partial charge < -0.3 is 10.1 Å². The Morgan fingerprint density at radius 2 is 2.41 bits per heavy atom. The first kappa shape index (κ1) is 13.4. The van der Waals surface area contributed by atoms with Crippen molar-refractivity contribution >= 4 is 5.97 Å². The Balaban J connectivity index is 2.41. The average Bonchev–Trinajstić information content (AvgIpc) is 2.36. The van der Waals surface area contributed by atoms with Crippen LogP contribution in [0.5, 0.6) is 0 Å². The smallest absolute Gasteiger partial charge is 0.334 e. The minimum Gasteiger partial charge on any atom is -0.463 e. The fourth-order valence-electron chi connectivity index (χ4n) is 1.33. The Labute approximate surface area is 102 Å². The van der Waals surface area contributed by atoms with Crippen LogP contribution in [-0.4, -0.2) is 24.1 Å². The van der Waals surface area contributed by atoms with E-state index in [2.05, 4.69) is 16.9 Å². The van der Waals surface area contributed by atoms with Crippen LogP contribution in [0.1, 0.15) is 25.5 Å². The maximum absolute atomic E-state index is 11.3. The third kappa shape index (κ3) is 4.36. The van der Waals surface area contributed by atoms with Crippen molar-refractivity contribution in [1.29, 1.82) is 0 Å². The van der Waals surface area contributed by atoms with Gasteiger partial charge in [0.25, 0.3) is 0 Å². The lowest BCUT2D eigenvalue weighted by molar-refractivity contribution is -0.138. The molecule has 1 rings (SSSR count). The Kier molecular flexibility index (Phi) is 5.36. The number of hydrogen-bond donors (Lipinski definition) is 1. The second-order valence-corrected chi connectivity index (χ2v) is 3.71. The van der Waals surface area contributed by atoms with Crippen molar-refractivity contribution in [1.82, 2.24) is 10.3 Å². The third-order valence-electron chi connectivity index (χ3n) is 2.37. The number of aromatic nitrogens is 1. The van der Waals surface area contributed by atoms with Crippen LogP contribution in [0.4, 0.5) is 0 Å². The van der Waals surface area contributed by atoms with Crippen molar-refractivity contribution in [3.05, 3.63) is 42.2 Å². The number of hydrogen-bond acceptors (Lipinski definition) is 4. The molecular weight excluding hydrogens is 216 g/mol. The van der Waals surface area contributed by atoms with E-state index < -0.39 is 0 Å². The molecule has 0 radical (unpaired) electrons. The summed E-state index contributed by atoms with van der Waals surface area (Å²) < 4.78 is 4.85. The summed E-state index contributed by atoms with van der Waals surface area (Å²) in [7, 11) is 0. The summed E-state index contributed by atoms with van der Waals surface area (Å²) in [4.78, 5) is 15.4. The van der Waals surface area contributed by atoms with Crippen LogP contribution in [0.15, 0.2) is 36.7 Å². The molecule has 1 heterocycles. The molecule has 1 aromatic heterocycles. The van der Waals surface area contributed by atoms with Gasteiger partial charge >= 0.3 is 5.97 Å². The number of carbonyl (C=O) groups is 1. The highest BCUT2D eigenvalue weighted by Crippen LogP contribution is 2.09. The fourth-order valence-corrected chi connectivity index (χ4v) is 1.33. The van der Waals surface area contributed by atoms with E-state index in [0.717, 1.165) is 5.56 Å². The van der Waals surface area contributed by atoms with Crippen LogP contribution >= 0.6 is 0 Å². The van der Waals surface area contributed by atoms with Gasteiger partial charge in [0, 0.05) is 30.6 Å². The third-order valence-corrected chi connectivity index (χ3v) is 2.37. The van der Waals surface area contributed by atoms with Crippen molar-refractivity contribution in [2.75, 3.05) is 13.2 Å². The summed E-state index contributed by atoms with van der Waals surface area (Å²) in [5.74, 6) is -0.349. The zero-order chi connectivity index (χ0) is 12.7. The maximum atomic E-state index is 11.3. The first-order chi connectivity index (χ1) is 8.15. The number of rotatable bonds is 6. The molecule has 0 aliphatic carbocycles. The molecule has 4 nitrogen and oxygen atoms in total. The molecule has 0 aromatic carbocycles. The van der Waals surface area contributed by atoms with Gasteiger partial charge in [-0.1, -0.05) is 12.6 Å². The van der Waals surface area contributed by atoms with E-state index in [9.17, 15) is 4.79 Å². The van der Waals surface area contributed by atoms with Crippen LogP contribution in [0.25, 0.3) is 0 Å². The quantitative estimate of drug-likeness (QED) is 0.603. The molecule has 1 aromatic rings. The van der Waals surface area contributed by atoms with E-state index in [1.807, 2.05) is 19.1 Å². The van der Waals surface area contributed by atoms with Gasteiger partial charge in [-0.15, -0.1) is 0 Å². The van der Waals surface area contributed by atoms with Gasteiger partial charge in [-0.05, 0) is 25.5 Å². The first-order valence-electron chi connectivity index (χ1n) is 5.63. The molecule has 0 spiro atoms. The molecule has 4 heteroatoms. The number of ether oxygens (including phenoxy) is 1. The molecule has 0 aliphatic rings. The Morgan fingerprint density at radius 1 is 1.65 bits per heavy atom. The van der Waals surface area contributed by atoms with E-state index in [1.54, 1.807) is 19.3 Å². The number of carbonyl (C=O) groups excluding carboxylic acids is 1. The summed E-state index contributed by atoms with van der Waals surface area (Å²) in [5.41, 5.74) is 1.51. The van der Waals surface area contributed by atoms with E-state index in [4.69, 9.17) is 4.74 Å². The van der Waals surface area contributed by atoms with Gasteiger partial charge in [-0.25, -0.2) is 4.79 Å². The van der Waals surface area contributed by atoms with Gasteiger partial charge in [0.1, 0.15) is 0 Å². The SMILES string of the molecule is C=C(CN[C@H](C)c1cccnc1)C(=O)OCC. The summed E-state index contributed by atoms with van der Waals surface area (Å²) in [6.07, 6.45) is 3.53. The van der Waals surface area contributed by atoms with Crippen LogP contribution < -0.4 is 5.32 Å². The van der Waals surface area contributed by atoms with Crippen molar-refractivity contribution in [2.45, 2.75) is 19.9 Å². The van der Waals surface area contributed by atoms with E-state index in [0.29, 0.717) is 18.7 Å². The molecule has 17 heavy (non-hydrogen) atoms. The normalized spacial score (nSPS) is 11.9. The summed E-state index contributed by atoms with van der Waals surface area (Å²) >= 11 is 0. The summed E-state index contributed by atoms with van der Waals surface area (Å²) in [6.45, 7) is 8.25. The van der Waals surface area contributed by atoms with Crippen molar-refractivity contribution in [2.24, 2.45) is 0 Å². The predicted molar refractivity (Wildman–Crippen MR) is 66.4 cm³/mol. The lowest BCUT2D eigenvalue weighted by Crippen LogP contribution is -2.24. The molecule has 0 aliphatic heterocycles. The monoisotopic (exact) mass is 234 g/mol. The van der Waals surface area contributed by atoms with Gasteiger partial charge in [0.15, 0.2) is 0 Å². The van der Waals surface area contributed by atoms with Gasteiger partial charge in [-0.2, -0.15) is 0 Å². The second-order valence-electron chi connectivity index (χ2n) is 3.71. The molecule has 0 unspecified atom stereocenters. The molecule has 92 valence electrons. The number of nitrogens with one attached hydrogen (secondary N) is 1. The standard InChI is InChI=1S/C13H18N2O2/c1-4-17-13(16)10(2)8-15-11(3)12-6-5-7-14-9-12/h5-7,9,11,15H,2,4,8H2,1,3H3/t11-/m1/s1. The van der Waals surface area contributed by atoms with Crippen LogP contribution in [0.2, 0.25) is 0 Å². The first-order valence-corrected chi connectivity index (χ1v) is 5.63. The number of pyridine rings is 1. The van der Waals surface area contributed by atoms with Gasteiger partial charge in [-0.3, -0.25) is 4.98 Å². The Hall–Kier alpha value is -1.68. The maximum Gasteiger partial charge on any atom is 0.334 e. The molecule has 0 saturated carbocycles. The van der Waals surface area contributed by atoms with E-state index in [-0.39, 0.29) is 12.0 Å². The molecule has 0 bridgehead atoms. The zero-order valence-corrected chi connectivity index (χ0v) is 10.3. The Morgan fingerprint density at radius 3 is 3.00 bits per heavy atom. The lowest BCUT2D eigenvalue weighted by Gasteiger charge is -2.14. The van der Waals surface area contributed by atoms with Crippen LogP contribution in [0, 0.1) is 0 Å². The molecule has 0 amide bonds. The largest absolute Gasteiger partial charge is 0.463 e. The fraction of sp³-hybridized carbons (Fsp3) is 0.385. The predicted octanol–water partition coefficient (Wildman–Crippen LogP) is 1.85. The van der Waals surface area contributed by atoms with Crippen molar-refractivity contribution in [3.8, 4) is 0 Å². The molecule has 1 N–H and O–H groups in total. The molecule has 1 atom stereocenters. The zero-order valence-electron chi connectivity index (χ0n) is 10.3. The van der Waals surface area contributed by atoms with Crippen LogP contribution in [0.3, 0.4) is 0 Å². The highest BCUT2D eigenvalue weighted by molar-refractivity contribution is 5.88. The highest BCUT2D eigenvalue weighted by atomic mass is 16.5.